The van der Waals surface area contributed by atoms with Crippen LogP contribution in [0.2, 0.25) is 0 Å². The number of aromatic nitrogens is 2. The molecule has 17 heavy (non-hydrogen) atoms. The van der Waals surface area contributed by atoms with Gasteiger partial charge in [0.15, 0.2) is 0 Å². The number of halogens is 1. The van der Waals surface area contributed by atoms with Gasteiger partial charge in [-0.25, -0.2) is 9.66 Å². The fraction of sp³-hybridized carbons (Fsp3) is 0.333. The minimum Gasteiger partial charge on any atom is -0.317 e. The van der Waals surface area contributed by atoms with E-state index in [4.69, 9.17) is 16.9 Å². The lowest BCUT2D eigenvalue weighted by molar-refractivity contribution is 0.694. The lowest BCUT2D eigenvalue weighted by atomic mass is 10.2. The van der Waals surface area contributed by atoms with Gasteiger partial charge in [0.05, 0.1) is 28.0 Å². The number of benzene rings is 1. The molecule has 2 aromatic rings. The van der Waals surface area contributed by atoms with Crippen molar-refractivity contribution in [3.05, 3.63) is 29.6 Å². The smallest absolute Gasteiger partial charge is 0.146 e. The molecule has 1 aromatic heterocycles. The molecule has 0 amide bonds. The Bertz CT molecular complexity index is 592. The number of rotatable bonds is 2. The van der Waals surface area contributed by atoms with Crippen molar-refractivity contribution in [1.82, 2.24) is 9.66 Å². The van der Waals surface area contributed by atoms with Crippen molar-refractivity contribution < 1.29 is 0 Å². The summed E-state index contributed by atoms with van der Waals surface area (Å²) >= 11 is 6.12. The molecule has 2 rings (SSSR count). The van der Waals surface area contributed by atoms with Gasteiger partial charge in [-0.05, 0) is 25.1 Å². The Morgan fingerprint density at radius 3 is 2.71 bits per heavy atom. The van der Waals surface area contributed by atoms with Crippen LogP contribution in [0.1, 0.15) is 23.7 Å². The summed E-state index contributed by atoms with van der Waals surface area (Å²) < 4.78 is 1.92. The summed E-state index contributed by atoms with van der Waals surface area (Å²) in [6.07, 6.45) is 0. The quantitative estimate of drug-likeness (QED) is 0.767. The first kappa shape index (κ1) is 11.7. The maximum absolute atomic E-state index is 8.92. The predicted molar refractivity (Wildman–Crippen MR) is 68.8 cm³/mol. The highest BCUT2D eigenvalue weighted by atomic mass is 35.5. The first-order valence-electron chi connectivity index (χ1n) is 5.28. The van der Waals surface area contributed by atoms with Crippen molar-refractivity contribution in [1.29, 1.82) is 5.26 Å². The van der Waals surface area contributed by atoms with Gasteiger partial charge in [-0.1, -0.05) is 0 Å². The molecule has 0 bridgehead atoms. The molecule has 1 aromatic carbocycles. The molecule has 0 aliphatic rings. The molecule has 0 saturated heterocycles. The van der Waals surface area contributed by atoms with Crippen LogP contribution in [-0.4, -0.2) is 23.8 Å². The van der Waals surface area contributed by atoms with Crippen LogP contribution in [0.5, 0.6) is 0 Å². The second-order valence-corrected chi connectivity index (χ2v) is 4.71. The van der Waals surface area contributed by atoms with Crippen molar-refractivity contribution in [2.24, 2.45) is 0 Å². The van der Waals surface area contributed by atoms with Gasteiger partial charge in [0.1, 0.15) is 5.82 Å². The van der Waals surface area contributed by atoms with Gasteiger partial charge in [-0.3, -0.25) is 0 Å². The third-order valence-corrected chi connectivity index (χ3v) is 2.74. The summed E-state index contributed by atoms with van der Waals surface area (Å²) in [6, 6.07) is 7.56. The Morgan fingerprint density at radius 1 is 1.47 bits per heavy atom. The summed E-state index contributed by atoms with van der Waals surface area (Å²) in [6.45, 7) is 1.88. The Kier molecular flexibility index (Phi) is 2.95. The molecule has 0 aliphatic heterocycles. The van der Waals surface area contributed by atoms with E-state index in [0.29, 0.717) is 5.56 Å². The molecule has 0 aliphatic carbocycles. The van der Waals surface area contributed by atoms with E-state index in [1.54, 1.807) is 6.07 Å². The lowest BCUT2D eigenvalue weighted by Crippen LogP contribution is -2.27. The third kappa shape index (κ3) is 1.94. The van der Waals surface area contributed by atoms with Gasteiger partial charge in [0.2, 0.25) is 0 Å². The molecule has 1 atom stereocenters. The van der Waals surface area contributed by atoms with Crippen LogP contribution in [0.3, 0.4) is 0 Å². The molecular formula is C12H13ClN4. The summed E-state index contributed by atoms with van der Waals surface area (Å²) in [7, 11) is 3.84. The van der Waals surface area contributed by atoms with Crippen molar-refractivity contribution in [2.75, 3.05) is 19.1 Å². The second-order valence-electron chi connectivity index (χ2n) is 4.06. The highest BCUT2D eigenvalue weighted by Gasteiger charge is 2.16. The van der Waals surface area contributed by atoms with Crippen molar-refractivity contribution >= 4 is 22.6 Å². The Morgan fingerprint density at radius 2 is 2.18 bits per heavy atom. The normalized spacial score (nSPS) is 12.4. The number of fused-ring (bicyclic) bond motifs is 1. The number of imidazole rings is 1. The van der Waals surface area contributed by atoms with E-state index in [-0.39, 0.29) is 5.38 Å². The molecule has 88 valence electrons. The van der Waals surface area contributed by atoms with Crippen LogP contribution in [0.25, 0.3) is 11.0 Å². The molecular weight excluding hydrogens is 236 g/mol. The summed E-state index contributed by atoms with van der Waals surface area (Å²) in [5, 5.41) is 10.6. The van der Waals surface area contributed by atoms with Gasteiger partial charge < -0.3 is 5.01 Å². The van der Waals surface area contributed by atoms with Gasteiger partial charge in [0, 0.05) is 14.1 Å². The molecule has 0 radical (unpaired) electrons. The lowest BCUT2D eigenvalue weighted by Gasteiger charge is -2.19. The van der Waals surface area contributed by atoms with E-state index in [1.165, 1.54) is 0 Å². The Hall–Kier alpha value is -1.73. The molecule has 0 fully saturated rings. The first-order valence-corrected chi connectivity index (χ1v) is 5.72. The number of nitrogens with zero attached hydrogens (tertiary/aromatic N) is 4. The number of hydrogen-bond donors (Lipinski definition) is 0. The van der Waals surface area contributed by atoms with Crippen LogP contribution in [0.15, 0.2) is 18.2 Å². The van der Waals surface area contributed by atoms with Crippen molar-refractivity contribution in [3.8, 4) is 6.07 Å². The zero-order valence-corrected chi connectivity index (χ0v) is 10.7. The fourth-order valence-electron chi connectivity index (χ4n) is 1.83. The van der Waals surface area contributed by atoms with E-state index in [1.807, 2.05) is 42.8 Å². The van der Waals surface area contributed by atoms with Gasteiger partial charge in [-0.2, -0.15) is 5.26 Å². The van der Waals surface area contributed by atoms with Crippen LogP contribution in [0.4, 0.5) is 0 Å². The van der Waals surface area contributed by atoms with E-state index in [0.717, 1.165) is 16.9 Å². The topological polar surface area (TPSA) is 44.9 Å². The standard InChI is InChI=1S/C12H13ClN4/c1-8(13)12-15-10-5-4-9(7-14)6-11(10)17(12)16(2)3/h4-6,8H,1-3H3. The van der Waals surface area contributed by atoms with E-state index in [9.17, 15) is 0 Å². The largest absolute Gasteiger partial charge is 0.317 e. The van der Waals surface area contributed by atoms with E-state index < -0.39 is 0 Å². The van der Waals surface area contributed by atoms with Crippen molar-refractivity contribution in [2.45, 2.75) is 12.3 Å². The Balaban J connectivity index is 2.78. The summed E-state index contributed by atoms with van der Waals surface area (Å²) in [5.74, 6) is 0.779. The molecule has 0 N–H and O–H groups in total. The minimum atomic E-state index is -0.185. The van der Waals surface area contributed by atoms with Crippen LogP contribution >= 0.6 is 11.6 Å². The zero-order valence-electron chi connectivity index (χ0n) is 9.98. The highest BCUT2D eigenvalue weighted by molar-refractivity contribution is 6.20. The fourth-order valence-corrected chi connectivity index (χ4v) is 1.97. The van der Waals surface area contributed by atoms with Gasteiger partial charge in [-0.15, -0.1) is 11.6 Å². The molecule has 1 heterocycles. The predicted octanol–water partition coefficient (Wildman–Crippen LogP) is 2.41. The number of alkyl halides is 1. The molecule has 5 heteroatoms. The average Bonchev–Trinajstić information content (AvgIpc) is 2.66. The van der Waals surface area contributed by atoms with E-state index in [2.05, 4.69) is 11.1 Å². The van der Waals surface area contributed by atoms with Crippen LogP contribution in [0, 0.1) is 11.3 Å². The van der Waals surface area contributed by atoms with E-state index >= 15 is 0 Å². The van der Waals surface area contributed by atoms with Gasteiger partial charge in [0.25, 0.3) is 0 Å². The van der Waals surface area contributed by atoms with Crippen LogP contribution in [-0.2, 0) is 0 Å². The molecule has 0 saturated carbocycles. The number of hydrogen-bond acceptors (Lipinski definition) is 3. The SMILES string of the molecule is CC(Cl)c1nc2ccc(C#N)cc2n1N(C)C. The number of nitriles is 1. The van der Waals surface area contributed by atoms with Crippen LogP contribution < -0.4 is 5.01 Å². The van der Waals surface area contributed by atoms with Gasteiger partial charge >= 0.3 is 0 Å². The summed E-state index contributed by atoms with van der Waals surface area (Å²) in [4.78, 5) is 4.49. The zero-order chi connectivity index (χ0) is 12.6. The monoisotopic (exact) mass is 248 g/mol. The highest BCUT2D eigenvalue weighted by Crippen LogP contribution is 2.24. The maximum atomic E-state index is 8.92. The molecule has 0 spiro atoms. The average molecular weight is 249 g/mol. The first-order chi connectivity index (χ1) is 8.04. The third-order valence-electron chi connectivity index (χ3n) is 2.54. The summed E-state index contributed by atoms with van der Waals surface area (Å²) in [5.41, 5.74) is 2.37. The molecule has 4 nitrogen and oxygen atoms in total. The second kappa shape index (κ2) is 4.27. The molecule has 1 unspecified atom stereocenters. The maximum Gasteiger partial charge on any atom is 0.146 e. The minimum absolute atomic E-state index is 0.185. The Labute approximate surface area is 105 Å². The van der Waals surface area contributed by atoms with Crippen molar-refractivity contribution in [3.63, 3.8) is 0 Å².